The van der Waals surface area contributed by atoms with Gasteiger partial charge in [0.05, 0.1) is 22.2 Å². The summed E-state index contributed by atoms with van der Waals surface area (Å²) in [7, 11) is 0. The molecule has 0 saturated carbocycles. The number of H-pyrrole nitrogens is 1. The van der Waals surface area contributed by atoms with Crippen LogP contribution in [0.25, 0.3) is 21.1 Å². The highest BCUT2D eigenvalue weighted by atomic mass is 35.5. The predicted octanol–water partition coefficient (Wildman–Crippen LogP) is 4.22. The first-order valence-corrected chi connectivity index (χ1v) is 10.5. The van der Waals surface area contributed by atoms with Crippen LogP contribution in [0.3, 0.4) is 0 Å². The standard InChI is InChI=1S/C18H15ClN4O2S2/c1-9(2)23-17(25)11-4-3-10(19)7-13(11)21-18(23)27-8-14-20-12-5-6-26-15(12)16(24)22-14/h3-7,9H,8H2,1-2H3,(H,20,22,24). The highest BCUT2D eigenvalue weighted by Gasteiger charge is 2.15. The van der Waals surface area contributed by atoms with Gasteiger partial charge in [-0.25, -0.2) is 9.97 Å². The van der Waals surface area contributed by atoms with Crippen LogP contribution in [0, 0.1) is 0 Å². The van der Waals surface area contributed by atoms with E-state index in [1.807, 2.05) is 25.3 Å². The topological polar surface area (TPSA) is 80.6 Å². The van der Waals surface area contributed by atoms with Crippen LogP contribution < -0.4 is 11.1 Å². The van der Waals surface area contributed by atoms with Crippen molar-refractivity contribution >= 4 is 55.8 Å². The quantitative estimate of drug-likeness (QED) is 0.396. The van der Waals surface area contributed by atoms with Crippen molar-refractivity contribution in [2.24, 2.45) is 0 Å². The molecule has 0 amide bonds. The summed E-state index contributed by atoms with van der Waals surface area (Å²) in [5.41, 5.74) is 0.981. The van der Waals surface area contributed by atoms with Crippen molar-refractivity contribution in [1.82, 2.24) is 19.5 Å². The molecule has 3 heterocycles. The molecule has 138 valence electrons. The van der Waals surface area contributed by atoms with Gasteiger partial charge in [0.1, 0.15) is 10.5 Å². The Bertz CT molecular complexity index is 1280. The number of benzene rings is 1. The van der Waals surface area contributed by atoms with Gasteiger partial charge in [-0.15, -0.1) is 11.3 Å². The lowest BCUT2D eigenvalue weighted by molar-refractivity contribution is 0.519. The molecule has 0 unspecified atom stereocenters. The minimum Gasteiger partial charge on any atom is -0.309 e. The third kappa shape index (κ3) is 3.40. The molecule has 0 atom stereocenters. The van der Waals surface area contributed by atoms with Crippen molar-refractivity contribution in [1.29, 1.82) is 0 Å². The smallest absolute Gasteiger partial charge is 0.268 e. The number of rotatable bonds is 4. The van der Waals surface area contributed by atoms with Gasteiger partial charge >= 0.3 is 0 Å². The summed E-state index contributed by atoms with van der Waals surface area (Å²) >= 11 is 8.78. The van der Waals surface area contributed by atoms with E-state index in [1.54, 1.807) is 22.8 Å². The number of thiophene rings is 1. The summed E-state index contributed by atoms with van der Waals surface area (Å²) in [6.45, 7) is 3.87. The van der Waals surface area contributed by atoms with E-state index >= 15 is 0 Å². The van der Waals surface area contributed by atoms with Crippen LogP contribution in [0.2, 0.25) is 5.02 Å². The zero-order valence-electron chi connectivity index (χ0n) is 14.5. The Hall–Kier alpha value is -2.16. The molecular formula is C18H15ClN4O2S2. The van der Waals surface area contributed by atoms with E-state index in [4.69, 9.17) is 11.6 Å². The maximum Gasteiger partial charge on any atom is 0.268 e. The minimum absolute atomic E-state index is 0.0565. The highest BCUT2D eigenvalue weighted by molar-refractivity contribution is 7.98. The monoisotopic (exact) mass is 418 g/mol. The molecule has 3 aromatic heterocycles. The SMILES string of the molecule is CC(C)n1c(SCc2nc3ccsc3c(=O)[nH]2)nc2cc(Cl)ccc2c1=O. The van der Waals surface area contributed by atoms with Gasteiger partial charge in [-0.3, -0.25) is 14.2 Å². The lowest BCUT2D eigenvalue weighted by atomic mass is 10.2. The molecule has 27 heavy (non-hydrogen) atoms. The number of halogens is 1. The van der Waals surface area contributed by atoms with Crippen LogP contribution in [0.4, 0.5) is 0 Å². The van der Waals surface area contributed by atoms with Crippen molar-refractivity contribution in [3.8, 4) is 0 Å². The maximum absolute atomic E-state index is 12.9. The zero-order chi connectivity index (χ0) is 19.1. The maximum atomic E-state index is 12.9. The molecule has 1 aromatic carbocycles. The predicted molar refractivity (Wildman–Crippen MR) is 111 cm³/mol. The summed E-state index contributed by atoms with van der Waals surface area (Å²) < 4.78 is 2.27. The summed E-state index contributed by atoms with van der Waals surface area (Å²) in [5, 5.41) is 3.47. The Morgan fingerprint density at radius 2 is 2.04 bits per heavy atom. The fourth-order valence-electron chi connectivity index (χ4n) is 2.83. The average Bonchev–Trinajstić information content (AvgIpc) is 3.08. The van der Waals surface area contributed by atoms with E-state index in [0.717, 1.165) is 0 Å². The first kappa shape index (κ1) is 18.2. The fraction of sp³-hybridized carbons (Fsp3) is 0.222. The van der Waals surface area contributed by atoms with Gasteiger partial charge in [-0.2, -0.15) is 0 Å². The van der Waals surface area contributed by atoms with Gasteiger partial charge in [-0.05, 0) is 43.5 Å². The molecule has 0 saturated heterocycles. The van der Waals surface area contributed by atoms with Crippen molar-refractivity contribution < 1.29 is 0 Å². The lowest BCUT2D eigenvalue weighted by Gasteiger charge is -2.16. The fourth-order valence-corrected chi connectivity index (χ4v) is 4.72. The van der Waals surface area contributed by atoms with Crippen molar-refractivity contribution in [3.05, 3.63) is 61.2 Å². The zero-order valence-corrected chi connectivity index (χ0v) is 16.9. The molecule has 9 heteroatoms. The van der Waals surface area contributed by atoms with Crippen LogP contribution in [0.1, 0.15) is 25.7 Å². The van der Waals surface area contributed by atoms with Gasteiger partial charge in [-0.1, -0.05) is 23.4 Å². The van der Waals surface area contributed by atoms with Crippen molar-refractivity contribution in [2.45, 2.75) is 30.8 Å². The van der Waals surface area contributed by atoms with Gasteiger partial charge in [0.2, 0.25) is 0 Å². The first-order chi connectivity index (χ1) is 12.9. The molecule has 0 aliphatic carbocycles. The van der Waals surface area contributed by atoms with Gasteiger partial charge < -0.3 is 4.98 Å². The molecule has 4 aromatic rings. The summed E-state index contributed by atoms with van der Waals surface area (Å²) in [6, 6.07) is 6.84. The second-order valence-electron chi connectivity index (χ2n) is 6.26. The Balaban J connectivity index is 1.76. The number of aromatic amines is 1. The second kappa shape index (κ2) is 7.10. The Morgan fingerprint density at radius 1 is 1.22 bits per heavy atom. The highest BCUT2D eigenvalue weighted by Crippen LogP contribution is 2.25. The molecular weight excluding hydrogens is 404 g/mol. The van der Waals surface area contributed by atoms with E-state index in [9.17, 15) is 9.59 Å². The molecule has 0 aliphatic heterocycles. The number of hydrogen-bond acceptors (Lipinski definition) is 6. The molecule has 0 bridgehead atoms. The third-order valence-electron chi connectivity index (χ3n) is 4.05. The molecule has 4 rings (SSSR count). The Kier molecular flexibility index (Phi) is 4.79. The van der Waals surface area contributed by atoms with Crippen LogP contribution in [0.5, 0.6) is 0 Å². The molecule has 6 nitrogen and oxygen atoms in total. The molecule has 1 N–H and O–H groups in total. The van der Waals surface area contributed by atoms with Gasteiger partial charge in [0.15, 0.2) is 5.16 Å². The van der Waals surface area contributed by atoms with Gasteiger partial charge in [0.25, 0.3) is 11.1 Å². The number of aromatic nitrogens is 4. The number of fused-ring (bicyclic) bond motifs is 2. The molecule has 0 spiro atoms. The largest absolute Gasteiger partial charge is 0.309 e. The van der Waals surface area contributed by atoms with E-state index in [2.05, 4.69) is 15.0 Å². The van der Waals surface area contributed by atoms with E-state index in [0.29, 0.717) is 42.9 Å². The van der Waals surface area contributed by atoms with Crippen LogP contribution in [-0.2, 0) is 5.75 Å². The summed E-state index contributed by atoms with van der Waals surface area (Å²) in [6.07, 6.45) is 0. The minimum atomic E-state index is -0.148. The van der Waals surface area contributed by atoms with E-state index in [1.165, 1.54) is 23.1 Å². The first-order valence-electron chi connectivity index (χ1n) is 8.25. The normalized spacial score (nSPS) is 11.7. The Morgan fingerprint density at radius 3 is 2.81 bits per heavy atom. The van der Waals surface area contributed by atoms with E-state index in [-0.39, 0.29) is 17.2 Å². The second-order valence-corrected chi connectivity index (χ2v) is 8.56. The number of nitrogens with one attached hydrogen (secondary N) is 1. The molecule has 0 aliphatic rings. The number of nitrogens with zero attached hydrogens (tertiary/aromatic N) is 3. The molecule has 0 radical (unpaired) electrons. The van der Waals surface area contributed by atoms with Crippen LogP contribution >= 0.6 is 34.7 Å². The third-order valence-corrected chi connectivity index (χ3v) is 6.15. The van der Waals surface area contributed by atoms with Gasteiger partial charge in [0, 0.05) is 11.1 Å². The number of hydrogen-bond donors (Lipinski definition) is 1. The van der Waals surface area contributed by atoms with Crippen molar-refractivity contribution in [3.63, 3.8) is 0 Å². The van der Waals surface area contributed by atoms with Crippen LogP contribution in [-0.4, -0.2) is 19.5 Å². The summed E-state index contributed by atoms with van der Waals surface area (Å²) in [5.74, 6) is 0.943. The van der Waals surface area contributed by atoms with E-state index < -0.39 is 0 Å². The lowest BCUT2D eigenvalue weighted by Crippen LogP contribution is -2.25. The van der Waals surface area contributed by atoms with Crippen LogP contribution in [0.15, 0.2) is 44.4 Å². The number of thioether (sulfide) groups is 1. The van der Waals surface area contributed by atoms with Crippen molar-refractivity contribution in [2.75, 3.05) is 0 Å². The Labute approximate surface area is 167 Å². The average molecular weight is 419 g/mol. The molecule has 0 fully saturated rings. The summed E-state index contributed by atoms with van der Waals surface area (Å²) in [4.78, 5) is 37.0.